The molecule has 2 nitrogen and oxygen atoms in total. The van der Waals surface area contributed by atoms with Crippen molar-refractivity contribution >= 4 is 51.7 Å². The normalized spacial score (nSPS) is 11.6. The lowest BCUT2D eigenvalue weighted by atomic mass is 10.3. The Kier molecular flexibility index (Phi) is 6.55. The third kappa shape index (κ3) is 10.7. The zero-order valence-electron chi connectivity index (χ0n) is 6.53. The smallest absolute Gasteiger partial charge is 0.282 e. The van der Waals surface area contributed by atoms with Gasteiger partial charge in [0.15, 0.2) is 3.79 Å². The van der Waals surface area contributed by atoms with Gasteiger partial charge in [-0.25, -0.2) is 0 Å². The average molecular weight is 251 g/mol. The third-order valence-electron chi connectivity index (χ3n) is 1.12. The van der Waals surface area contributed by atoms with Gasteiger partial charge in [0.05, 0.1) is 0 Å². The fraction of sp³-hybridized carbons (Fsp3) is 0.833. The van der Waals surface area contributed by atoms with Crippen LogP contribution in [0.4, 0.5) is 0 Å². The molecule has 0 saturated heterocycles. The number of hydrogen-bond donors (Lipinski definition) is 2. The topological polar surface area (TPSA) is 51.6 Å². The van der Waals surface area contributed by atoms with Crippen molar-refractivity contribution in [1.82, 2.24) is 0 Å². The van der Waals surface area contributed by atoms with Crippen LogP contribution in [0.25, 0.3) is 0 Å². The van der Waals surface area contributed by atoms with Gasteiger partial charge in [-0.15, -0.1) is 0 Å². The molecule has 0 saturated carbocycles. The first-order valence-electron chi connectivity index (χ1n) is 3.49. The lowest BCUT2D eigenvalue weighted by Crippen LogP contribution is -2.43. The second kappa shape index (κ2) is 6.19. The number of alkyl halides is 3. The van der Waals surface area contributed by atoms with E-state index in [-0.39, 0.29) is 0 Å². The summed E-state index contributed by atoms with van der Waals surface area (Å²) in [5.74, 6) is 0.878. The summed E-state index contributed by atoms with van der Waals surface area (Å²) >= 11 is 18.1. The summed E-state index contributed by atoms with van der Waals surface area (Å²) < 4.78 is -1.12. The van der Waals surface area contributed by atoms with E-state index in [0.717, 1.165) is 18.6 Å². The molecule has 0 aliphatic heterocycles. The fourth-order valence-corrected chi connectivity index (χ4v) is 1.60. The van der Waals surface area contributed by atoms with Crippen molar-refractivity contribution in [3.63, 3.8) is 0 Å². The Hall–Kier alpha value is 0.690. The Morgan fingerprint density at radius 1 is 1.33 bits per heavy atom. The van der Waals surface area contributed by atoms with Gasteiger partial charge in [0.2, 0.25) is 0 Å². The van der Waals surface area contributed by atoms with Crippen LogP contribution in [0.3, 0.4) is 0 Å². The van der Waals surface area contributed by atoms with E-state index >= 15 is 0 Å². The van der Waals surface area contributed by atoms with Crippen LogP contribution in [0.15, 0.2) is 0 Å². The third-order valence-corrected chi connectivity index (χ3v) is 2.52. The lowest BCUT2D eigenvalue weighted by Gasteiger charge is -2.08. The first kappa shape index (κ1) is 12.7. The second-order valence-corrected chi connectivity index (χ2v) is 6.01. The highest BCUT2D eigenvalue weighted by Crippen LogP contribution is 2.31. The molecule has 0 fully saturated rings. The second-order valence-electron chi connectivity index (χ2n) is 2.32. The van der Waals surface area contributed by atoms with E-state index < -0.39 is 3.79 Å². The maximum Gasteiger partial charge on any atom is 0.299 e. The van der Waals surface area contributed by atoms with Crippen molar-refractivity contribution in [3.8, 4) is 0 Å². The highest BCUT2D eigenvalue weighted by Gasteiger charge is 2.18. The van der Waals surface area contributed by atoms with Crippen molar-refractivity contribution in [2.45, 2.75) is 23.1 Å². The first-order chi connectivity index (χ1) is 5.42. The van der Waals surface area contributed by atoms with Gasteiger partial charge < -0.3 is 0 Å². The van der Waals surface area contributed by atoms with Crippen LogP contribution in [0, 0.1) is 0 Å². The SMILES string of the molecule is NC(=[NH2+])SCCCCC(Cl)(Cl)Cl. The predicted octanol–water partition coefficient (Wildman–Crippen LogP) is 1.33. The van der Waals surface area contributed by atoms with E-state index in [1.807, 2.05) is 0 Å². The van der Waals surface area contributed by atoms with Crippen LogP contribution >= 0.6 is 46.6 Å². The van der Waals surface area contributed by atoms with Gasteiger partial charge >= 0.3 is 0 Å². The first-order valence-corrected chi connectivity index (χ1v) is 5.61. The molecule has 72 valence electrons. The van der Waals surface area contributed by atoms with E-state index in [4.69, 9.17) is 45.9 Å². The summed E-state index contributed by atoms with van der Waals surface area (Å²) in [7, 11) is 0. The van der Waals surface area contributed by atoms with Gasteiger partial charge in [0.1, 0.15) is 0 Å². The standard InChI is InChI=1S/C6H11Cl3N2S/c7-6(8,9)3-1-2-4-12-5(10)11/h1-4H2,(H3,10,11)/p+1. The lowest BCUT2D eigenvalue weighted by molar-refractivity contribution is -0.110. The van der Waals surface area contributed by atoms with Gasteiger partial charge in [-0.1, -0.05) is 34.8 Å². The molecular weight excluding hydrogens is 239 g/mol. The van der Waals surface area contributed by atoms with Crippen LogP contribution in [-0.2, 0) is 0 Å². The number of rotatable bonds is 4. The molecule has 0 radical (unpaired) electrons. The Bertz CT molecular complexity index is 146. The van der Waals surface area contributed by atoms with Crippen LogP contribution in [-0.4, -0.2) is 14.7 Å². The Labute approximate surface area is 91.6 Å². The summed E-state index contributed by atoms with van der Waals surface area (Å²) in [6.07, 6.45) is 2.40. The molecular formula is C6H12Cl3N2S+. The van der Waals surface area contributed by atoms with Crippen LogP contribution in [0.1, 0.15) is 19.3 Å². The van der Waals surface area contributed by atoms with E-state index in [1.165, 1.54) is 11.8 Å². The molecule has 0 amide bonds. The van der Waals surface area contributed by atoms with E-state index in [1.54, 1.807) is 0 Å². The Morgan fingerprint density at radius 3 is 2.33 bits per heavy atom. The molecule has 0 aromatic heterocycles. The molecule has 0 aliphatic carbocycles. The predicted molar refractivity (Wildman–Crippen MR) is 57.7 cm³/mol. The molecule has 4 N–H and O–H groups in total. The zero-order chi connectivity index (χ0) is 9.61. The minimum Gasteiger partial charge on any atom is -0.282 e. The van der Waals surface area contributed by atoms with Gasteiger partial charge in [-0.05, 0) is 31.0 Å². The van der Waals surface area contributed by atoms with Gasteiger partial charge in [-0.2, -0.15) is 0 Å². The molecule has 0 atom stereocenters. The summed E-state index contributed by atoms with van der Waals surface area (Å²) in [4.78, 5) is 0. The van der Waals surface area contributed by atoms with Gasteiger partial charge in [0.25, 0.3) is 5.17 Å². The van der Waals surface area contributed by atoms with Crippen molar-refractivity contribution in [3.05, 3.63) is 0 Å². The van der Waals surface area contributed by atoms with Crippen molar-refractivity contribution in [2.75, 3.05) is 5.75 Å². The number of thioether (sulfide) groups is 1. The molecule has 0 aromatic rings. The van der Waals surface area contributed by atoms with Gasteiger partial charge in [0, 0.05) is 5.75 Å². The van der Waals surface area contributed by atoms with E-state index in [2.05, 4.69) is 0 Å². The molecule has 0 bridgehead atoms. The summed E-state index contributed by atoms with van der Waals surface area (Å²) in [6.45, 7) is 0. The Balaban J connectivity index is 3.17. The van der Waals surface area contributed by atoms with Crippen molar-refractivity contribution in [2.24, 2.45) is 5.73 Å². The largest absolute Gasteiger partial charge is 0.299 e. The summed E-state index contributed by atoms with van der Waals surface area (Å²) in [5, 5.41) is 5.63. The van der Waals surface area contributed by atoms with Crippen LogP contribution in [0.2, 0.25) is 0 Å². The van der Waals surface area contributed by atoms with Crippen molar-refractivity contribution in [1.29, 1.82) is 0 Å². The summed E-state index contributed by atoms with van der Waals surface area (Å²) in [5.41, 5.74) is 5.24. The maximum atomic E-state index is 5.54. The highest BCUT2D eigenvalue weighted by atomic mass is 35.6. The number of halogens is 3. The molecule has 0 aromatic carbocycles. The average Bonchev–Trinajstić information content (AvgIpc) is 1.83. The highest BCUT2D eigenvalue weighted by molar-refractivity contribution is 8.13. The maximum absolute atomic E-state index is 5.54. The molecule has 0 unspecified atom stereocenters. The number of unbranched alkanes of at least 4 members (excludes halogenated alkanes) is 1. The quantitative estimate of drug-likeness (QED) is 0.342. The van der Waals surface area contributed by atoms with Crippen LogP contribution in [0.5, 0.6) is 0 Å². The number of amidine groups is 1. The van der Waals surface area contributed by atoms with Gasteiger partial charge in [-0.3, -0.25) is 11.1 Å². The molecule has 12 heavy (non-hydrogen) atoms. The Morgan fingerprint density at radius 2 is 1.92 bits per heavy atom. The molecule has 6 heteroatoms. The van der Waals surface area contributed by atoms with Crippen LogP contribution < -0.4 is 11.1 Å². The molecule has 0 spiro atoms. The number of nitrogens with two attached hydrogens (primary N) is 2. The van der Waals surface area contributed by atoms with E-state index in [9.17, 15) is 0 Å². The molecule has 0 rings (SSSR count). The number of hydrogen-bond acceptors (Lipinski definition) is 1. The molecule has 0 aliphatic rings. The minimum atomic E-state index is -1.12. The van der Waals surface area contributed by atoms with Crippen molar-refractivity contribution < 1.29 is 5.41 Å². The minimum absolute atomic E-state index is 0.392. The fourth-order valence-electron chi connectivity index (χ4n) is 0.618. The monoisotopic (exact) mass is 249 g/mol. The molecule has 0 heterocycles. The zero-order valence-corrected chi connectivity index (χ0v) is 9.61. The summed E-state index contributed by atoms with van der Waals surface area (Å²) in [6, 6.07) is 0. The van der Waals surface area contributed by atoms with E-state index in [0.29, 0.717) is 11.6 Å².